The lowest BCUT2D eigenvalue weighted by Gasteiger charge is -2.26. The van der Waals surface area contributed by atoms with Gasteiger partial charge in [-0.3, -0.25) is 9.69 Å². The number of carbonyl (C=O) groups excluding carboxylic acids is 1. The van der Waals surface area contributed by atoms with Crippen LogP contribution in [0.2, 0.25) is 0 Å². The van der Waals surface area contributed by atoms with Crippen molar-refractivity contribution in [2.24, 2.45) is 0 Å². The average Bonchev–Trinajstić information content (AvgIpc) is 2.70. The van der Waals surface area contributed by atoms with Crippen LogP contribution in [0.4, 0.5) is 0 Å². The Morgan fingerprint density at radius 1 is 1.21 bits per heavy atom. The van der Waals surface area contributed by atoms with Crippen LogP contribution in [-0.4, -0.2) is 78.9 Å². The van der Waals surface area contributed by atoms with E-state index >= 15 is 0 Å². The Morgan fingerprint density at radius 2 is 1.89 bits per heavy atom. The highest BCUT2D eigenvalue weighted by Gasteiger charge is 2.23. The molecular formula is C18H29N3O6S. The van der Waals surface area contributed by atoms with E-state index in [4.69, 9.17) is 14.2 Å². The molecule has 1 aliphatic heterocycles. The quantitative estimate of drug-likeness (QED) is 0.526. The maximum absolute atomic E-state index is 12.5. The molecule has 1 aromatic rings. The van der Waals surface area contributed by atoms with Gasteiger partial charge in [0, 0.05) is 25.7 Å². The van der Waals surface area contributed by atoms with Crippen LogP contribution < -0.4 is 19.5 Å². The molecule has 10 heteroatoms. The molecule has 0 aromatic heterocycles. The molecule has 0 spiro atoms. The third kappa shape index (κ3) is 6.33. The maximum atomic E-state index is 12.5. The standard InChI is InChI=1S/C18H29N3O6S/c1-14(18(22)19-7-4-8-21-9-11-27-12-10-21)20-28(23,24)15-5-6-16(25-2)17(13-15)26-3/h5-6,13-14,20H,4,7-12H2,1-3H3,(H,19,22)/t14-/m1/s1. The van der Waals surface area contributed by atoms with E-state index in [2.05, 4.69) is 14.9 Å². The molecule has 2 N–H and O–H groups in total. The minimum Gasteiger partial charge on any atom is -0.493 e. The van der Waals surface area contributed by atoms with E-state index < -0.39 is 16.1 Å². The van der Waals surface area contributed by atoms with Gasteiger partial charge in [-0.2, -0.15) is 4.72 Å². The van der Waals surface area contributed by atoms with Gasteiger partial charge >= 0.3 is 0 Å². The number of amides is 1. The van der Waals surface area contributed by atoms with Gasteiger partial charge in [-0.25, -0.2) is 8.42 Å². The van der Waals surface area contributed by atoms with Crippen molar-refractivity contribution in [3.05, 3.63) is 18.2 Å². The second-order valence-corrected chi connectivity index (χ2v) is 8.17. The highest BCUT2D eigenvalue weighted by molar-refractivity contribution is 7.89. The molecule has 28 heavy (non-hydrogen) atoms. The first-order valence-corrected chi connectivity index (χ1v) is 10.7. The fraction of sp³-hybridized carbons (Fsp3) is 0.611. The summed E-state index contributed by atoms with van der Waals surface area (Å²) in [5.74, 6) is 0.351. The van der Waals surface area contributed by atoms with Crippen molar-refractivity contribution in [3.8, 4) is 11.5 Å². The minimum absolute atomic E-state index is 0.00267. The van der Waals surface area contributed by atoms with Crippen LogP contribution in [0.25, 0.3) is 0 Å². The number of ether oxygens (including phenoxy) is 3. The van der Waals surface area contributed by atoms with Gasteiger partial charge in [-0.1, -0.05) is 0 Å². The molecule has 158 valence electrons. The second-order valence-electron chi connectivity index (χ2n) is 6.46. The Labute approximate surface area is 166 Å². The predicted octanol–water partition coefficient (Wildman–Crippen LogP) is 0.209. The summed E-state index contributed by atoms with van der Waals surface area (Å²) in [6.07, 6.45) is 0.793. The van der Waals surface area contributed by atoms with Gasteiger partial charge < -0.3 is 19.5 Å². The van der Waals surface area contributed by atoms with Crippen LogP contribution in [0.3, 0.4) is 0 Å². The summed E-state index contributed by atoms with van der Waals surface area (Å²) in [6, 6.07) is 3.36. The predicted molar refractivity (Wildman–Crippen MR) is 104 cm³/mol. The van der Waals surface area contributed by atoms with Gasteiger partial charge in [-0.15, -0.1) is 0 Å². The number of hydrogen-bond acceptors (Lipinski definition) is 7. The number of morpholine rings is 1. The number of methoxy groups -OCH3 is 2. The van der Waals surface area contributed by atoms with Gasteiger partial charge in [-0.05, 0) is 32.0 Å². The fourth-order valence-electron chi connectivity index (χ4n) is 2.83. The highest BCUT2D eigenvalue weighted by Crippen LogP contribution is 2.29. The monoisotopic (exact) mass is 415 g/mol. The molecule has 1 fully saturated rings. The second kappa shape index (κ2) is 10.6. The number of benzene rings is 1. The topological polar surface area (TPSA) is 106 Å². The Bertz CT molecular complexity index is 750. The summed E-state index contributed by atoms with van der Waals surface area (Å²) in [4.78, 5) is 14.5. The normalized spacial score (nSPS) is 16.4. The van der Waals surface area contributed by atoms with Crippen molar-refractivity contribution in [2.45, 2.75) is 24.3 Å². The van der Waals surface area contributed by atoms with E-state index in [1.54, 1.807) is 0 Å². The van der Waals surface area contributed by atoms with Crippen LogP contribution in [0.1, 0.15) is 13.3 Å². The number of sulfonamides is 1. The number of carbonyl (C=O) groups is 1. The van der Waals surface area contributed by atoms with Gasteiger partial charge in [0.2, 0.25) is 15.9 Å². The lowest BCUT2D eigenvalue weighted by atomic mass is 10.3. The lowest BCUT2D eigenvalue weighted by Crippen LogP contribution is -2.45. The van der Waals surface area contributed by atoms with Crippen molar-refractivity contribution >= 4 is 15.9 Å². The van der Waals surface area contributed by atoms with Gasteiger partial charge in [0.05, 0.1) is 38.4 Å². The molecule has 1 aliphatic rings. The minimum atomic E-state index is -3.88. The van der Waals surface area contributed by atoms with Crippen LogP contribution >= 0.6 is 0 Å². The summed E-state index contributed by atoms with van der Waals surface area (Å²) in [7, 11) is -0.985. The Hall–Kier alpha value is -1.88. The van der Waals surface area contributed by atoms with Crippen LogP contribution in [0.15, 0.2) is 23.1 Å². The molecule has 0 aliphatic carbocycles. The van der Waals surface area contributed by atoms with E-state index in [1.807, 2.05) is 0 Å². The maximum Gasteiger partial charge on any atom is 0.241 e. The molecule has 1 atom stereocenters. The zero-order chi connectivity index (χ0) is 20.6. The molecule has 1 aromatic carbocycles. The van der Waals surface area contributed by atoms with E-state index in [0.717, 1.165) is 39.3 Å². The third-order valence-corrected chi connectivity index (χ3v) is 5.98. The van der Waals surface area contributed by atoms with E-state index in [9.17, 15) is 13.2 Å². The first-order valence-electron chi connectivity index (χ1n) is 9.19. The van der Waals surface area contributed by atoms with E-state index in [1.165, 1.54) is 39.3 Å². The summed E-state index contributed by atoms with van der Waals surface area (Å²) in [6.45, 7) is 6.14. The molecule has 1 amide bonds. The Balaban J connectivity index is 1.84. The number of rotatable bonds is 10. The largest absolute Gasteiger partial charge is 0.493 e. The molecule has 9 nitrogen and oxygen atoms in total. The van der Waals surface area contributed by atoms with Crippen molar-refractivity contribution in [1.82, 2.24) is 14.9 Å². The number of hydrogen-bond donors (Lipinski definition) is 2. The Kier molecular flexibility index (Phi) is 8.49. The smallest absolute Gasteiger partial charge is 0.241 e. The van der Waals surface area contributed by atoms with Crippen LogP contribution in [-0.2, 0) is 19.6 Å². The fourth-order valence-corrected chi connectivity index (χ4v) is 4.05. The van der Waals surface area contributed by atoms with Crippen LogP contribution in [0, 0.1) is 0 Å². The first kappa shape index (κ1) is 22.4. The Morgan fingerprint density at radius 3 is 2.54 bits per heavy atom. The summed E-state index contributed by atoms with van der Waals surface area (Å²) >= 11 is 0. The zero-order valence-electron chi connectivity index (χ0n) is 16.6. The van der Waals surface area contributed by atoms with Crippen molar-refractivity contribution in [3.63, 3.8) is 0 Å². The lowest BCUT2D eigenvalue weighted by molar-refractivity contribution is -0.122. The average molecular weight is 416 g/mol. The van der Waals surface area contributed by atoms with Gasteiger partial charge in [0.15, 0.2) is 11.5 Å². The third-order valence-electron chi connectivity index (χ3n) is 4.44. The molecular weight excluding hydrogens is 386 g/mol. The molecule has 0 bridgehead atoms. The molecule has 1 saturated heterocycles. The number of nitrogens with one attached hydrogen (secondary N) is 2. The SMILES string of the molecule is COc1ccc(S(=O)(=O)N[C@H](C)C(=O)NCCCN2CCOCC2)cc1OC. The first-order chi connectivity index (χ1) is 13.4. The van der Waals surface area contributed by atoms with Crippen LogP contribution in [0.5, 0.6) is 11.5 Å². The molecule has 0 unspecified atom stereocenters. The summed E-state index contributed by atoms with van der Waals surface area (Å²) in [5.41, 5.74) is 0. The molecule has 1 heterocycles. The molecule has 0 radical (unpaired) electrons. The van der Waals surface area contributed by atoms with Gasteiger partial charge in [0.25, 0.3) is 0 Å². The van der Waals surface area contributed by atoms with Crippen molar-refractivity contribution in [2.75, 3.05) is 53.6 Å². The van der Waals surface area contributed by atoms with Gasteiger partial charge in [0.1, 0.15) is 0 Å². The van der Waals surface area contributed by atoms with E-state index in [-0.39, 0.29) is 10.8 Å². The highest BCUT2D eigenvalue weighted by atomic mass is 32.2. The zero-order valence-corrected chi connectivity index (χ0v) is 17.4. The van der Waals surface area contributed by atoms with E-state index in [0.29, 0.717) is 18.0 Å². The number of nitrogens with zero attached hydrogens (tertiary/aromatic N) is 1. The van der Waals surface area contributed by atoms with Crippen molar-refractivity contribution in [1.29, 1.82) is 0 Å². The van der Waals surface area contributed by atoms with Crippen molar-refractivity contribution < 1.29 is 27.4 Å². The summed E-state index contributed by atoms with van der Waals surface area (Å²) < 4.78 is 43.0. The molecule has 2 rings (SSSR count). The molecule has 0 saturated carbocycles. The summed E-state index contributed by atoms with van der Waals surface area (Å²) in [5, 5.41) is 2.77.